The Morgan fingerprint density at radius 3 is 2.44 bits per heavy atom. The Balaban J connectivity index is 2.69. The summed E-state index contributed by atoms with van der Waals surface area (Å²) >= 11 is 0. The van der Waals surface area contributed by atoms with Crippen LogP contribution in [0.3, 0.4) is 0 Å². The van der Waals surface area contributed by atoms with Crippen LogP contribution in [0.5, 0.6) is 0 Å². The molecule has 0 heterocycles. The second-order valence-corrected chi connectivity index (χ2v) is 3.25. The van der Waals surface area contributed by atoms with Crippen LogP contribution in [0.4, 0.5) is 0 Å². The molecule has 1 fully saturated rings. The van der Waals surface area contributed by atoms with Crippen LogP contribution in [0.25, 0.3) is 0 Å². The van der Waals surface area contributed by atoms with Crippen molar-refractivity contribution in [3.05, 3.63) is 24.8 Å². The summed E-state index contributed by atoms with van der Waals surface area (Å²) in [6.45, 7) is 12.2. The summed E-state index contributed by atoms with van der Waals surface area (Å²) in [7, 11) is 0. The Morgan fingerprint density at radius 1 is 1.78 bits per heavy atom. The fraction of sp³-hybridized carbons (Fsp3) is 0.556. The van der Waals surface area contributed by atoms with Crippen molar-refractivity contribution < 1.29 is 0 Å². The molecular formula is C9H14. The Hall–Kier alpha value is -0.520. The zero-order valence-electron chi connectivity index (χ0n) is 6.28. The van der Waals surface area contributed by atoms with Gasteiger partial charge in [0.15, 0.2) is 0 Å². The van der Waals surface area contributed by atoms with Crippen LogP contribution in [0.1, 0.15) is 20.3 Å². The molecule has 2 unspecified atom stereocenters. The first-order valence-corrected chi connectivity index (χ1v) is 3.43. The lowest BCUT2D eigenvalue weighted by molar-refractivity contribution is 0.268. The van der Waals surface area contributed by atoms with Gasteiger partial charge in [-0.3, -0.25) is 0 Å². The Labute approximate surface area is 57.3 Å². The van der Waals surface area contributed by atoms with Crippen molar-refractivity contribution in [2.24, 2.45) is 11.3 Å². The lowest BCUT2D eigenvalue weighted by Gasteiger charge is -2.44. The molecule has 0 spiro atoms. The molecule has 0 saturated heterocycles. The molecule has 0 bridgehead atoms. The minimum Gasteiger partial charge on any atom is -0.102 e. The van der Waals surface area contributed by atoms with Crippen LogP contribution in [0, 0.1) is 11.3 Å². The lowest BCUT2D eigenvalue weighted by atomic mass is 9.60. The maximum Gasteiger partial charge on any atom is 0.00654 e. The van der Waals surface area contributed by atoms with Crippen molar-refractivity contribution in [3.63, 3.8) is 0 Å². The zero-order valence-corrected chi connectivity index (χ0v) is 6.28. The summed E-state index contributed by atoms with van der Waals surface area (Å²) in [5, 5.41) is 0. The van der Waals surface area contributed by atoms with Crippen molar-refractivity contribution in [2.45, 2.75) is 20.3 Å². The molecule has 1 aliphatic carbocycles. The van der Waals surface area contributed by atoms with Crippen LogP contribution in [0.2, 0.25) is 0 Å². The summed E-state index contributed by atoms with van der Waals surface area (Å²) in [5.41, 5.74) is 1.61. The summed E-state index contributed by atoms with van der Waals surface area (Å²) in [6, 6.07) is 0. The van der Waals surface area contributed by atoms with Crippen LogP contribution in [0.15, 0.2) is 24.8 Å². The van der Waals surface area contributed by atoms with E-state index >= 15 is 0 Å². The SMILES string of the molecule is C=CC1(C)CC(C)C1=C. The maximum atomic E-state index is 3.99. The van der Waals surface area contributed by atoms with Crippen molar-refractivity contribution in [2.75, 3.05) is 0 Å². The standard InChI is InChI=1S/C9H14/c1-5-9(4)6-7(2)8(9)3/h5,7H,1,3,6H2,2,4H3. The molecule has 1 aliphatic rings. The molecule has 1 saturated carbocycles. The highest BCUT2D eigenvalue weighted by Gasteiger charge is 2.38. The molecule has 0 amide bonds. The van der Waals surface area contributed by atoms with Gasteiger partial charge in [0, 0.05) is 5.41 Å². The minimum absolute atomic E-state index is 0.263. The van der Waals surface area contributed by atoms with Gasteiger partial charge in [0.1, 0.15) is 0 Å². The molecule has 9 heavy (non-hydrogen) atoms. The monoisotopic (exact) mass is 122 g/mol. The van der Waals surface area contributed by atoms with Gasteiger partial charge < -0.3 is 0 Å². The van der Waals surface area contributed by atoms with Gasteiger partial charge in [-0.2, -0.15) is 0 Å². The molecule has 0 aliphatic heterocycles. The van der Waals surface area contributed by atoms with E-state index in [0.717, 1.165) is 0 Å². The maximum absolute atomic E-state index is 3.99. The molecule has 0 aromatic heterocycles. The van der Waals surface area contributed by atoms with Gasteiger partial charge in [-0.1, -0.05) is 32.1 Å². The molecule has 0 heteroatoms. The van der Waals surface area contributed by atoms with E-state index in [1.165, 1.54) is 12.0 Å². The predicted octanol–water partition coefficient (Wildman–Crippen LogP) is 2.77. The van der Waals surface area contributed by atoms with E-state index in [1.807, 2.05) is 6.08 Å². The Morgan fingerprint density at radius 2 is 2.33 bits per heavy atom. The fourth-order valence-electron chi connectivity index (χ4n) is 1.54. The third-order valence-electron chi connectivity index (χ3n) is 2.51. The van der Waals surface area contributed by atoms with Crippen molar-refractivity contribution >= 4 is 0 Å². The van der Waals surface area contributed by atoms with Gasteiger partial charge >= 0.3 is 0 Å². The zero-order chi connectivity index (χ0) is 7.07. The fourth-order valence-corrected chi connectivity index (χ4v) is 1.54. The summed E-state index contributed by atoms with van der Waals surface area (Å²) in [6.07, 6.45) is 3.24. The molecular weight excluding hydrogens is 108 g/mol. The molecule has 0 N–H and O–H groups in total. The van der Waals surface area contributed by atoms with Gasteiger partial charge in [0.2, 0.25) is 0 Å². The molecule has 0 radical (unpaired) electrons. The van der Waals surface area contributed by atoms with Crippen LogP contribution >= 0.6 is 0 Å². The van der Waals surface area contributed by atoms with Crippen molar-refractivity contribution in [1.29, 1.82) is 0 Å². The third kappa shape index (κ3) is 0.735. The van der Waals surface area contributed by atoms with E-state index in [-0.39, 0.29) is 5.41 Å². The first-order chi connectivity index (χ1) is 4.10. The van der Waals surface area contributed by atoms with Gasteiger partial charge in [0.05, 0.1) is 0 Å². The Bertz CT molecular complexity index is 155. The second kappa shape index (κ2) is 1.73. The molecule has 0 aromatic rings. The van der Waals surface area contributed by atoms with Crippen LogP contribution in [-0.2, 0) is 0 Å². The predicted molar refractivity (Wildman–Crippen MR) is 41.2 cm³/mol. The Kier molecular flexibility index (Phi) is 1.27. The van der Waals surface area contributed by atoms with Gasteiger partial charge in [-0.15, -0.1) is 6.58 Å². The highest BCUT2D eigenvalue weighted by molar-refractivity contribution is 5.27. The average Bonchev–Trinajstić information content (AvgIpc) is 1.87. The van der Waals surface area contributed by atoms with E-state index in [4.69, 9.17) is 0 Å². The molecule has 1 rings (SSSR count). The molecule has 0 nitrogen and oxygen atoms in total. The second-order valence-electron chi connectivity index (χ2n) is 3.25. The molecule has 2 atom stereocenters. The van der Waals surface area contributed by atoms with E-state index < -0.39 is 0 Å². The molecule has 0 aromatic carbocycles. The molecule has 50 valence electrons. The van der Waals surface area contributed by atoms with E-state index in [0.29, 0.717) is 5.92 Å². The summed E-state index contributed by atoms with van der Waals surface area (Å²) in [5.74, 6) is 0.716. The quantitative estimate of drug-likeness (QED) is 0.469. The van der Waals surface area contributed by atoms with E-state index in [1.54, 1.807) is 0 Å². The largest absolute Gasteiger partial charge is 0.102 e. The highest BCUT2D eigenvalue weighted by atomic mass is 14.4. The summed E-state index contributed by atoms with van der Waals surface area (Å²) in [4.78, 5) is 0. The third-order valence-corrected chi connectivity index (χ3v) is 2.51. The first kappa shape index (κ1) is 6.60. The first-order valence-electron chi connectivity index (χ1n) is 3.43. The topological polar surface area (TPSA) is 0 Å². The lowest BCUT2D eigenvalue weighted by Crippen LogP contribution is -2.33. The van der Waals surface area contributed by atoms with E-state index in [9.17, 15) is 0 Å². The normalized spacial score (nSPS) is 42.0. The highest BCUT2D eigenvalue weighted by Crippen LogP contribution is 2.49. The number of rotatable bonds is 1. The van der Waals surface area contributed by atoms with Crippen LogP contribution in [-0.4, -0.2) is 0 Å². The number of allylic oxidation sites excluding steroid dienone is 2. The smallest absolute Gasteiger partial charge is 0.00654 e. The summed E-state index contributed by atoms with van der Waals surface area (Å²) < 4.78 is 0. The number of hydrogen-bond acceptors (Lipinski definition) is 0. The minimum atomic E-state index is 0.263. The van der Waals surface area contributed by atoms with Crippen LogP contribution < -0.4 is 0 Å². The number of hydrogen-bond donors (Lipinski definition) is 0. The van der Waals surface area contributed by atoms with Gasteiger partial charge in [-0.05, 0) is 12.3 Å². The van der Waals surface area contributed by atoms with Crippen molar-refractivity contribution in [1.82, 2.24) is 0 Å². The average molecular weight is 122 g/mol. The van der Waals surface area contributed by atoms with Crippen molar-refractivity contribution in [3.8, 4) is 0 Å². The van der Waals surface area contributed by atoms with E-state index in [2.05, 4.69) is 27.0 Å². The van der Waals surface area contributed by atoms with Gasteiger partial charge in [0.25, 0.3) is 0 Å². The van der Waals surface area contributed by atoms with Gasteiger partial charge in [-0.25, -0.2) is 0 Å².